The molecule has 3 rings (SSSR count). The zero-order valence-corrected chi connectivity index (χ0v) is 13.7. The van der Waals surface area contributed by atoms with Crippen LogP contribution >= 0.6 is 11.3 Å². The van der Waals surface area contributed by atoms with Gasteiger partial charge in [-0.05, 0) is 62.1 Å². The third-order valence-corrected chi connectivity index (χ3v) is 5.82. The monoisotopic (exact) mass is 292 g/mol. The van der Waals surface area contributed by atoms with Gasteiger partial charge in [0.15, 0.2) is 0 Å². The van der Waals surface area contributed by atoms with Gasteiger partial charge < -0.3 is 5.32 Å². The van der Waals surface area contributed by atoms with Crippen molar-refractivity contribution in [3.8, 4) is 0 Å². The predicted octanol–water partition coefficient (Wildman–Crippen LogP) is 3.91. The average molecular weight is 292 g/mol. The highest BCUT2D eigenvalue weighted by atomic mass is 32.1. The van der Waals surface area contributed by atoms with Crippen molar-refractivity contribution >= 4 is 11.3 Å². The van der Waals surface area contributed by atoms with E-state index in [1.54, 1.807) is 0 Å². The molecule has 1 saturated carbocycles. The fourth-order valence-corrected chi connectivity index (χ4v) is 4.40. The molecule has 1 aliphatic carbocycles. The van der Waals surface area contributed by atoms with Gasteiger partial charge in [-0.25, -0.2) is 0 Å². The van der Waals surface area contributed by atoms with Crippen molar-refractivity contribution in [2.45, 2.75) is 51.6 Å². The van der Waals surface area contributed by atoms with Gasteiger partial charge in [-0.3, -0.25) is 4.90 Å². The Morgan fingerprint density at radius 2 is 2.05 bits per heavy atom. The van der Waals surface area contributed by atoms with Crippen LogP contribution in [0.3, 0.4) is 0 Å². The summed E-state index contributed by atoms with van der Waals surface area (Å²) in [5.74, 6) is 1.63. The molecule has 1 aromatic heterocycles. The highest BCUT2D eigenvalue weighted by Gasteiger charge is 2.34. The maximum Gasteiger partial charge on any atom is 0.0443 e. The van der Waals surface area contributed by atoms with Crippen LogP contribution in [0.25, 0.3) is 0 Å². The van der Waals surface area contributed by atoms with Gasteiger partial charge in [0.2, 0.25) is 0 Å². The van der Waals surface area contributed by atoms with Crippen LogP contribution in [0.4, 0.5) is 0 Å². The Morgan fingerprint density at radius 3 is 2.60 bits per heavy atom. The zero-order chi connectivity index (χ0) is 13.9. The Bertz CT molecular complexity index is 391. The molecule has 2 unspecified atom stereocenters. The summed E-state index contributed by atoms with van der Waals surface area (Å²) in [6.07, 6.45) is 5.59. The van der Waals surface area contributed by atoms with Crippen molar-refractivity contribution in [1.29, 1.82) is 0 Å². The van der Waals surface area contributed by atoms with E-state index in [0.29, 0.717) is 12.1 Å². The van der Waals surface area contributed by atoms with Crippen LogP contribution in [0.5, 0.6) is 0 Å². The minimum Gasteiger partial charge on any atom is -0.307 e. The molecule has 0 amide bonds. The van der Waals surface area contributed by atoms with Crippen molar-refractivity contribution in [3.05, 3.63) is 22.4 Å². The third kappa shape index (κ3) is 3.44. The van der Waals surface area contributed by atoms with Crippen LogP contribution < -0.4 is 5.32 Å². The highest BCUT2D eigenvalue weighted by Crippen LogP contribution is 2.42. The fraction of sp³-hybridized carbons (Fsp3) is 0.765. The molecule has 2 nitrogen and oxygen atoms in total. The molecular formula is C17H28N2S. The van der Waals surface area contributed by atoms with E-state index in [1.165, 1.54) is 43.6 Å². The van der Waals surface area contributed by atoms with Crippen LogP contribution in [0.15, 0.2) is 17.5 Å². The molecule has 1 saturated heterocycles. The lowest BCUT2D eigenvalue weighted by molar-refractivity contribution is 0.180. The molecule has 2 aliphatic rings. The van der Waals surface area contributed by atoms with Crippen molar-refractivity contribution in [3.63, 3.8) is 0 Å². The number of hydrogen-bond donors (Lipinski definition) is 1. The van der Waals surface area contributed by atoms with Gasteiger partial charge in [0.25, 0.3) is 0 Å². The summed E-state index contributed by atoms with van der Waals surface area (Å²) in [4.78, 5) is 4.24. The summed E-state index contributed by atoms with van der Waals surface area (Å²) in [7, 11) is 0. The van der Waals surface area contributed by atoms with E-state index < -0.39 is 0 Å². The van der Waals surface area contributed by atoms with Gasteiger partial charge in [-0.1, -0.05) is 19.9 Å². The summed E-state index contributed by atoms with van der Waals surface area (Å²) in [6.45, 7) is 8.51. The minimum atomic E-state index is 0.610. The Hall–Kier alpha value is -0.380. The van der Waals surface area contributed by atoms with Crippen molar-refractivity contribution in [2.75, 3.05) is 19.6 Å². The number of hydrogen-bond acceptors (Lipinski definition) is 3. The molecule has 0 bridgehead atoms. The molecule has 2 fully saturated rings. The zero-order valence-electron chi connectivity index (χ0n) is 12.8. The lowest BCUT2D eigenvalue weighted by Crippen LogP contribution is -2.45. The Morgan fingerprint density at radius 1 is 1.30 bits per heavy atom. The summed E-state index contributed by atoms with van der Waals surface area (Å²) in [6, 6.07) is 5.82. The van der Waals surface area contributed by atoms with Crippen molar-refractivity contribution in [1.82, 2.24) is 10.2 Å². The van der Waals surface area contributed by atoms with Crippen LogP contribution in [0.1, 0.15) is 50.4 Å². The second-order valence-electron chi connectivity index (χ2n) is 6.79. The van der Waals surface area contributed by atoms with E-state index in [4.69, 9.17) is 0 Å². The molecule has 0 aromatic carbocycles. The molecule has 0 radical (unpaired) electrons. The molecule has 0 spiro atoms. The normalized spacial score (nSPS) is 23.4. The lowest BCUT2D eigenvalue weighted by atomic mass is 10.0. The molecule has 3 heteroatoms. The first-order valence-electron chi connectivity index (χ1n) is 8.26. The van der Waals surface area contributed by atoms with E-state index >= 15 is 0 Å². The van der Waals surface area contributed by atoms with Crippen LogP contribution in [-0.4, -0.2) is 30.6 Å². The molecular weight excluding hydrogens is 264 g/mol. The van der Waals surface area contributed by atoms with E-state index in [1.807, 2.05) is 11.3 Å². The quantitative estimate of drug-likeness (QED) is 0.819. The van der Waals surface area contributed by atoms with Crippen LogP contribution in [0, 0.1) is 11.8 Å². The molecule has 1 N–H and O–H groups in total. The number of rotatable bonds is 7. The van der Waals surface area contributed by atoms with Gasteiger partial charge in [-0.15, -0.1) is 11.3 Å². The van der Waals surface area contributed by atoms with E-state index in [-0.39, 0.29) is 0 Å². The molecule has 1 aromatic rings. The van der Waals surface area contributed by atoms with Crippen LogP contribution in [0.2, 0.25) is 0 Å². The largest absolute Gasteiger partial charge is 0.307 e. The SMILES string of the molecule is CC(C)C(CNC(c1cccs1)C1CC1)N1CCCC1. The van der Waals surface area contributed by atoms with Gasteiger partial charge in [0, 0.05) is 23.5 Å². The topological polar surface area (TPSA) is 15.3 Å². The molecule has 2 heterocycles. The van der Waals surface area contributed by atoms with E-state index in [0.717, 1.165) is 18.4 Å². The molecule has 2 atom stereocenters. The minimum absolute atomic E-state index is 0.610. The van der Waals surface area contributed by atoms with Crippen LogP contribution in [-0.2, 0) is 0 Å². The first-order chi connectivity index (χ1) is 9.75. The first kappa shape index (κ1) is 14.6. The first-order valence-corrected chi connectivity index (χ1v) is 9.14. The molecule has 20 heavy (non-hydrogen) atoms. The lowest BCUT2D eigenvalue weighted by Gasteiger charge is -2.32. The standard InChI is InChI=1S/C17H28N2S/c1-13(2)15(19-9-3-4-10-19)12-18-17(14-7-8-14)16-6-5-11-20-16/h5-6,11,13-15,17-18H,3-4,7-10,12H2,1-2H3. The summed E-state index contributed by atoms with van der Waals surface area (Å²) in [5, 5.41) is 6.13. The Labute approximate surface area is 127 Å². The van der Waals surface area contributed by atoms with E-state index in [2.05, 4.69) is 41.6 Å². The van der Waals surface area contributed by atoms with Gasteiger partial charge in [0.1, 0.15) is 0 Å². The average Bonchev–Trinajstić information content (AvgIpc) is 2.93. The third-order valence-electron chi connectivity index (χ3n) is 4.87. The Balaban J connectivity index is 1.60. The fourth-order valence-electron chi connectivity index (χ4n) is 3.50. The Kier molecular flexibility index (Phi) is 4.79. The summed E-state index contributed by atoms with van der Waals surface area (Å²) < 4.78 is 0. The van der Waals surface area contributed by atoms with Crippen molar-refractivity contribution < 1.29 is 0 Å². The highest BCUT2D eigenvalue weighted by molar-refractivity contribution is 7.10. The maximum atomic E-state index is 3.91. The number of nitrogens with one attached hydrogen (secondary N) is 1. The maximum absolute atomic E-state index is 3.91. The second-order valence-corrected chi connectivity index (χ2v) is 7.77. The smallest absolute Gasteiger partial charge is 0.0443 e. The van der Waals surface area contributed by atoms with Crippen molar-refractivity contribution in [2.24, 2.45) is 11.8 Å². The molecule has 1 aliphatic heterocycles. The second kappa shape index (κ2) is 6.59. The van der Waals surface area contributed by atoms with Gasteiger partial charge in [0.05, 0.1) is 0 Å². The number of nitrogens with zero attached hydrogens (tertiary/aromatic N) is 1. The van der Waals surface area contributed by atoms with E-state index in [9.17, 15) is 0 Å². The number of likely N-dealkylation sites (tertiary alicyclic amines) is 1. The summed E-state index contributed by atoms with van der Waals surface area (Å²) >= 11 is 1.92. The summed E-state index contributed by atoms with van der Waals surface area (Å²) in [5.41, 5.74) is 0. The van der Waals surface area contributed by atoms with Gasteiger partial charge in [-0.2, -0.15) is 0 Å². The van der Waals surface area contributed by atoms with Gasteiger partial charge >= 0.3 is 0 Å². The number of thiophene rings is 1. The molecule has 112 valence electrons. The predicted molar refractivity (Wildman–Crippen MR) is 87.2 cm³/mol.